The van der Waals surface area contributed by atoms with E-state index in [9.17, 15) is 9.18 Å². The molecule has 1 N–H and O–H groups in total. The van der Waals surface area contributed by atoms with Gasteiger partial charge in [0.2, 0.25) is 0 Å². The van der Waals surface area contributed by atoms with Crippen molar-refractivity contribution in [2.45, 2.75) is 59.9 Å². The molecule has 1 aromatic rings. The first-order valence-corrected chi connectivity index (χ1v) is 9.85. The number of amides is 1. The van der Waals surface area contributed by atoms with Gasteiger partial charge >= 0.3 is 0 Å². The van der Waals surface area contributed by atoms with Crippen molar-refractivity contribution >= 4 is 5.91 Å². The molecule has 1 aromatic carbocycles. The van der Waals surface area contributed by atoms with Crippen molar-refractivity contribution in [1.82, 2.24) is 10.2 Å². The van der Waals surface area contributed by atoms with Gasteiger partial charge in [-0.15, -0.1) is 0 Å². The summed E-state index contributed by atoms with van der Waals surface area (Å²) >= 11 is 0. The van der Waals surface area contributed by atoms with Crippen LogP contribution in [0.15, 0.2) is 18.2 Å². The van der Waals surface area contributed by atoms with Crippen LogP contribution in [0.4, 0.5) is 4.39 Å². The number of benzene rings is 1. The molecular weight excluding hydrogens is 416 g/mol. The quantitative estimate of drug-likeness (QED) is 0.617. The van der Waals surface area contributed by atoms with Gasteiger partial charge in [0.05, 0.1) is 0 Å². The molecule has 3 nitrogen and oxygen atoms in total. The van der Waals surface area contributed by atoms with Crippen LogP contribution in [0.3, 0.4) is 0 Å². The van der Waals surface area contributed by atoms with E-state index in [1.807, 2.05) is 27.7 Å². The van der Waals surface area contributed by atoms with Gasteiger partial charge < -0.3 is 19.2 Å². The summed E-state index contributed by atoms with van der Waals surface area (Å²) in [6.07, 6.45) is 3.97. The second kappa shape index (κ2) is 15.6. The van der Waals surface area contributed by atoms with E-state index in [4.69, 9.17) is 0 Å². The minimum absolute atomic E-state index is 0. The maximum atomic E-state index is 14.2. The number of nitrogens with zero attached hydrogens (tertiary/aromatic N) is 1. The summed E-state index contributed by atoms with van der Waals surface area (Å²) in [6, 6.07) is 4.70. The smallest absolute Gasteiger partial charge is 0.251 e. The van der Waals surface area contributed by atoms with Gasteiger partial charge in [-0.05, 0) is 38.1 Å². The summed E-state index contributed by atoms with van der Waals surface area (Å²) in [4.78, 5) is 13.8. The largest absolute Gasteiger partial charge is 0.355 e. The molecule has 1 amide bonds. The first-order chi connectivity index (χ1) is 12.5. The molecule has 0 aliphatic carbocycles. The van der Waals surface area contributed by atoms with Crippen molar-refractivity contribution in [3.05, 3.63) is 49.0 Å². The predicted molar refractivity (Wildman–Crippen MR) is 109 cm³/mol. The summed E-state index contributed by atoms with van der Waals surface area (Å²) in [6.45, 7) is 18.6. The Labute approximate surface area is 191 Å². The Morgan fingerprint density at radius 1 is 1.15 bits per heavy atom. The van der Waals surface area contributed by atoms with Crippen LogP contribution in [0.25, 0.3) is 0 Å². The maximum absolute atomic E-state index is 14.2. The number of hydrogen-bond donors (Lipinski definition) is 1. The summed E-state index contributed by atoms with van der Waals surface area (Å²) in [5, 5.41) is 2.50. The Hall–Kier alpha value is -0.316. The normalized spacial score (nSPS) is 15.3. The molecule has 0 bridgehead atoms. The van der Waals surface area contributed by atoms with E-state index in [1.165, 1.54) is 6.07 Å². The minimum atomic E-state index is -0.313. The topological polar surface area (TPSA) is 32.3 Å². The number of rotatable bonds is 5. The number of likely N-dealkylation sites (tertiary alicyclic amines) is 1. The van der Waals surface area contributed by atoms with E-state index in [2.05, 4.69) is 24.1 Å². The number of halogens is 1. The van der Waals surface area contributed by atoms with Gasteiger partial charge in [-0.25, -0.2) is 4.39 Å². The van der Waals surface area contributed by atoms with Crippen LogP contribution in [0, 0.1) is 25.1 Å². The molecule has 0 spiro atoms. The summed E-state index contributed by atoms with van der Waals surface area (Å²) in [5.41, 5.74) is 1.26. The van der Waals surface area contributed by atoms with Crippen molar-refractivity contribution in [3.63, 3.8) is 0 Å². The zero-order chi connectivity index (χ0) is 20.2. The number of nitrogens with one attached hydrogen (secondary N) is 1. The Balaban J connectivity index is 0. The van der Waals surface area contributed by atoms with Gasteiger partial charge in [0, 0.05) is 57.4 Å². The number of carbonyl (C=O) groups is 1. The van der Waals surface area contributed by atoms with Crippen LogP contribution in [-0.4, -0.2) is 30.9 Å². The molecule has 0 aromatic heterocycles. The predicted octanol–water partition coefficient (Wildman–Crippen LogP) is 5.27. The molecule has 153 valence electrons. The number of carbonyl (C=O) groups excluding carboxylic acids is 1. The number of piperidine rings is 1. The van der Waals surface area contributed by atoms with Crippen molar-refractivity contribution < 1.29 is 41.9 Å². The maximum Gasteiger partial charge on any atom is 0.251 e. The average Bonchev–Trinajstić information content (AvgIpc) is 2.72. The minimum Gasteiger partial charge on any atom is -0.355 e. The molecule has 1 aliphatic heterocycles. The first kappa shape index (κ1) is 28.9. The number of hydrogen-bond acceptors (Lipinski definition) is 2. The third-order valence-electron chi connectivity index (χ3n) is 4.91. The van der Waals surface area contributed by atoms with Gasteiger partial charge in [0.15, 0.2) is 0 Å². The Morgan fingerprint density at radius 3 is 2.07 bits per heavy atom. The molecule has 1 fully saturated rings. The fourth-order valence-corrected chi connectivity index (χ4v) is 3.01. The van der Waals surface area contributed by atoms with Crippen molar-refractivity contribution in [2.24, 2.45) is 5.41 Å². The van der Waals surface area contributed by atoms with Crippen molar-refractivity contribution in [2.75, 3.05) is 20.1 Å². The van der Waals surface area contributed by atoms with Crippen molar-refractivity contribution in [1.29, 1.82) is 0 Å². The van der Waals surface area contributed by atoms with E-state index in [0.717, 1.165) is 38.8 Å². The molecule has 5 heteroatoms. The zero-order valence-corrected chi connectivity index (χ0v) is 20.7. The van der Waals surface area contributed by atoms with E-state index in [-0.39, 0.29) is 49.8 Å². The van der Waals surface area contributed by atoms with E-state index < -0.39 is 0 Å². The molecule has 27 heavy (non-hydrogen) atoms. The molecule has 1 heterocycles. The van der Waals surface area contributed by atoms with Gasteiger partial charge in [-0.3, -0.25) is 9.69 Å². The molecule has 0 unspecified atom stereocenters. The van der Waals surface area contributed by atoms with Crippen LogP contribution in [0.1, 0.15) is 69.3 Å². The monoisotopic (exact) mass is 453 g/mol. The van der Waals surface area contributed by atoms with Gasteiger partial charge in [-0.2, -0.15) is 12.8 Å². The molecule has 1 saturated heterocycles. The third kappa shape index (κ3) is 8.70. The Kier molecular flexibility index (Phi) is 16.7. The van der Waals surface area contributed by atoms with Crippen LogP contribution in [0.5, 0.6) is 0 Å². The van der Waals surface area contributed by atoms with Crippen LogP contribution in [-0.2, 0) is 39.3 Å². The molecule has 0 saturated carbocycles. The van der Waals surface area contributed by atoms with Crippen LogP contribution in [0.2, 0.25) is 0 Å². The SMILES string of the molecule is CC.CC.[CH2-]CC1(C[CH2-])CCN(Cc2ccc(C(=O)NC)cc2F)CC1.[Y]. The fraction of sp³-hybridized carbons (Fsp3) is 0.591. The molecular formula is C22H37FN2OY-2. The van der Waals surface area contributed by atoms with Gasteiger partial charge in [-0.1, -0.05) is 39.2 Å². The fourth-order valence-electron chi connectivity index (χ4n) is 3.01. The summed E-state index contributed by atoms with van der Waals surface area (Å²) in [5.74, 6) is -0.577. The van der Waals surface area contributed by atoms with Crippen molar-refractivity contribution in [3.8, 4) is 0 Å². The van der Waals surface area contributed by atoms with Gasteiger partial charge in [0.1, 0.15) is 5.82 Å². The summed E-state index contributed by atoms with van der Waals surface area (Å²) < 4.78 is 14.2. The molecule has 1 radical (unpaired) electrons. The average molecular weight is 453 g/mol. The van der Waals surface area contributed by atoms with E-state index >= 15 is 0 Å². The first-order valence-electron chi connectivity index (χ1n) is 9.85. The third-order valence-corrected chi connectivity index (χ3v) is 4.91. The standard InChI is InChI=1S/C18H25FN2O.2C2H6.Y/c1-4-18(5-2)8-10-21(11-9-18)13-15-7-6-14(12-16(15)19)17(22)20-3;2*1-2;/h6-7,12H,1-2,4-5,8-11,13H2,3H3,(H,20,22);2*1-2H3;/q-2;;;. The van der Waals surface area contributed by atoms with Crippen LogP contribution >= 0.6 is 0 Å². The van der Waals surface area contributed by atoms with Gasteiger partial charge in [0.25, 0.3) is 5.91 Å². The zero-order valence-electron chi connectivity index (χ0n) is 17.9. The van der Waals surface area contributed by atoms with E-state index in [0.29, 0.717) is 17.7 Å². The molecule has 1 aliphatic rings. The second-order valence-electron chi connectivity index (χ2n) is 6.16. The van der Waals surface area contributed by atoms with Crippen LogP contribution < -0.4 is 5.32 Å². The molecule has 0 atom stereocenters. The Morgan fingerprint density at radius 2 is 1.67 bits per heavy atom. The summed E-state index contributed by atoms with van der Waals surface area (Å²) in [7, 11) is 1.54. The van der Waals surface area contributed by atoms with E-state index in [1.54, 1.807) is 19.2 Å². The second-order valence-corrected chi connectivity index (χ2v) is 6.16. The molecule has 2 rings (SSSR count). The Bertz CT molecular complexity index is 523.